The summed E-state index contributed by atoms with van der Waals surface area (Å²) in [5, 5.41) is 16.1. The fourth-order valence-electron chi connectivity index (χ4n) is 2.64. The fraction of sp³-hybridized carbons (Fsp3) is 0.667. The molecule has 0 saturated carbocycles. The van der Waals surface area contributed by atoms with E-state index in [4.69, 9.17) is 28.0 Å². The number of hydrogen-bond donors (Lipinski definition) is 9. The highest BCUT2D eigenvalue weighted by atomic mass is 32.1. The number of thiol groups is 1. The van der Waals surface area contributed by atoms with E-state index in [1.54, 1.807) is 0 Å². The van der Waals surface area contributed by atoms with E-state index >= 15 is 0 Å². The van der Waals surface area contributed by atoms with Gasteiger partial charge in [0.1, 0.15) is 18.1 Å². The third kappa shape index (κ3) is 12.6. The van der Waals surface area contributed by atoms with Gasteiger partial charge < -0.3 is 44.0 Å². The lowest BCUT2D eigenvalue weighted by Crippen LogP contribution is -2.57. The van der Waals surface area contributed by atoms with Crippen LogP contribution >= 0.6 is 12.6 Å². The maximum atomic E-state index is 12.8. The van der Waals surface area contributed by atoms with E-state index in [1.165, 1.54) is 0 Å². The quantitative estimate of drug-likeness (QED) is 0.0708. The molecule has 0 aromatic heterocycles. The highest BCUT2D eigenvalue weighted by molar-refractivity contribution is 7.80. The first kappa shape index (κ1) is 30.1. The Bertz CT molecular complexity index is 722. The Morgan fingerprint density at radius 3 is 1.76 bits per heavy atom. The lowest BCUT2D eigenvalue weighted by Gasteiger charge is -2.25. The average Bonchev–Trinajstić information content (AvgIpc) is 2.72. The number of rotatable bonds is 17. The molecule has 0 radical (unpaired) electrons. The first-order valence-corrected chi connectivity index (χ1v) is 10.8. The first-order valence-electron chi connectivity index (χ1n) is 10.2. The number of carboxylic acid groups (broad SMARTS) is 1. The van der Waals surface area contributed by atoms with Crippen LogP contribution < -0.4 is 38.9 Å². The molecule has 0 spiro atoms. The van der Waals surface area contributed by atoms with Crippen LogP contribution in [0.25, 0.3) is 0 Å². The summed E-state index contributed by atoms with van der Waals surface area (Å²) in [5.41, 5.74) is 21.2. The van der Waals surface area contributed by atoms with Crippen molar-refractivity contribution in [2.24, 2.45) is 22.9 Å². The molecule has 15 heteroatoms. The number of amides is 5. The average molecular weight is 492 g/mol. The predicted molar refractivity (Wildman–Crippen MR) is 120 cm³/mol. The topological polar surface area (TPSA) is 263 Å². The molecule has 0 fully saturated rings. The third-order valence-electron chi connectivity index (χ3n) is 4.45. The molecule has 0 saturated heterocycles. The standard InChI is InChI=1S/C18H33N7O7S/c19-6-2-1-3-10(16(29)25-12(8-33)18(31)32)24-17(30)11(4-5-13(21)26)23-15(28)9(20)7-14(22)27/h9-12,33H,1-8,19-20H2,(H2,21,26)(H2,22,27)(H,23,28)(H,24,30)(H,25,29)(H,31,32). The van der Waals surface area contributed by atoms with E-state index < -0.39 is 66.1 Å². The summed E-state index contributed by atoms with van der Waals surface area (Å²) in [6, 6.07) is -5.08. The number of unbranched alkanes of at least 4 members (excludes halogenated alkanes) is 1. The SMILES string of the molecule is NCCCCC(NC(=O)C(CCC(N)=O)NC(=O)C(N)CC(N)=O)C(=O)NC(CS)C(=O)O. The van der Waals surface area contributed by atoms with Gasteiger partial charge in [-0.05, 0) is 32.2 Å². The Balaban J connectivity index is 5.49. The molecule has 0 aromatic rings. The lowest BCUT2D eigenvalue weighted by molar-refractivity contribution is -0.141. The number of carboxylic acids is 1. The Kier molecular flexibility index (Phi) is 14.4. The number of carbonyl (C=O) groups excluding carboxylic acids is 5. The molecule has 0 heterocycles. The number of carbonyl (C=O) groups is 6. The van der Waals surface area contributed by atoms with Crippen LogP contribution in [0, 0.1) is 0 Å². The van der Waals surface area contributed by atoms with E-state index in [0.717, 1.165) is 0 Å². The molecule has 188 valence electrons. The molecule has 33 heavy (non-hydrogen) atoms. The number of hydrogen-bond acceptors (Lipinski definition) is 9. The van der Waals surface area contributed by atoms with Gasteiger partial charge in [0.15, 0.2) is 0 Å². The van der Waals surface area contributed by atoms with Crippen LogP contribution in [0.1, 0.15) is 38.5 Å². The van der Waals surface area contributed by atoms with Gasteiger partial charge in [0.2, 0.25) is 29.5 Å². The monoisotopic (exact) mass is 491 g/mol. The second kappa shape index (κ2) is 15.8. The second-order valence-corrected chi connectivity index (χ2v) is 7.64. The Morgan fingerprint density at radius 2 is 1.30 bits per heavy atom. The smallest absolute Gasteiger partial charge is 0.327 e. The molecule has 12 N–H and O–H groups in total. The van der Waals surface area contributed by atoms with Crippen molar-refractivity contribution in [1.82, 2.24) is 16.0 Å². The minimum atomic E-state index is -1.33. The molecule has 4 unspecified atom stereocenters. The van der Waals surface area contributed by atoms with Crippen molar-refractivity contribution in [1.29, 1.82) is 0 Å². The van der Waals surface area contributed by atoms with Crippen LogP contribution in [-0.2, 0) is 28.8 Å². The van der Waals surface area contributed by atoms with Crippen molar-refractivity contribution in [2.75, 3.05) is 12.3 Å². The van der Waals surface area contributed by atoms with E-state index in [-0.39, 0.29) is 25.0 Å². The number of primary amides is 2. The van der Waals surface area contributed by atoms with E-state index in [0.29, 0.717) is 19.4 Å². The van der Waals surface area contributed by atoms with Gasteiger partial charge in [-0.2, -0.15) is 12.6 Å². The second-order valence-electron chi connectivity index (χ2n) is 7.27. The van der Waals surface area contributed by atoms with Gasteiger partial charge in [-0.1, -0.05) is 0 Å². The first-order chi connectivity index (χ1) is 15.4. The van der Waals surface area contributed by atoms with Crippen molar-refractivity contribution in [3.8, 4) is 0 Å². The predicted octanol–water partition coefficient (Wildman–Crippen LogP) is -3.95. The van der Waals surface area contributed by atoms with Crippen molar-refractivity contribution in [3.05, 3.63) is 0 Å². The summed E-state index contributed by atoms with van der Waals surface area (Å²) in [4.78, 5) is 71.0. The molecule has 0 aliphatic rings. The minimum Gasteiger partial charge on any atom is -0.480 e. The molecule has 0 rings (SSSR count). The summed E-state index contributed by atoms with van der Waals surface area (Å²) in [7, 11) is 0. The van der Waals surface area contributed by atoms with Crippen molar-refractivity contribution in [3.63, 3.8) is 0 Å². The molecular formula is C18H33N7O7S. The summed E-state index contributed by atoms with van der Waals surface area (Å²) < 4.78 is 0. The minimum absolute atomic E-state index is 0.130. The van der Waals surface area contributed by atoms with Crippen LogP contribution in [0.3, 0.4) is 0 Å². The van der Waals surface area contributed by atoms with Gasteiger partial charge in [-0.15, -0.1) is 0 Å². The molecule has 5 amide bonds. The van der Waals surface area contributed by atoms with E-state index in [2.05, 4.69) is 28.6 Å². The van der Waals surface area contributed by atoms with Gasteiger partial charge >= 0.3 is 5.97 Å². The normalized spacial score (nSPS) is 14.3. The molecule has 0 aliphatic heterocycles. The van der Waals surface area contributed by atoms with Crippen molar-refractivity contribution in [2.45, 2.75) is 62.7 Å². The molecule has 0 aromatic carbocycles. The fourth-order valence-corrected chi connectivity index (χ4v) is 2.88. The maximum absolute atomic E-state index is 12.8. The largest absolute Gasteiger partial charge is 0.480 e. The third-order valence-corrected chi connectivity index (χ3v) is 4.81. The van der Waals surface area contributed by atoms with Crippen LogP contribution in [-0.4, -0.2) is 77.1 Å². The summed E-state index contributed by atoms with van der Waals surface area (Å²) in [5.74, 6) is -5.53. The molecular weight excluding hydrogens is 458 g/mol. The summed E-state index contributed by atoms with van der Waals surface area (Å²) >= 11 is 3.88. The Morgan fingerprint density at radius 1 is 0.788 bits per heavy atom. The zero-order chi connectivity index (χ0) is 25.6. The highest BCUT2D eigenvalue weighted by Crippen LogP contribution is 2.06. The molecule has 4 atom stereocenters. The van der Waals surface area contributed by atoms with Gasteiger partial charge in [0.25, 0.3) is 0 Å². The maximum Gasteiger partial charge on any atom is 0.327 e. The highest BCUT2D eigenvalue weighted by Gasteiger charge is 2.30. The van der Waals surface area contributed by atoms with Crippen LogP contribution in [0.2, 0.25) is 0 Å². The Labute approximate surface area is 196 Å². The van der Waals surface area contributed by atoms with E-state index in [1.807, 2.05) is 0 Å². The zero-order valence-electron chi connectivity index (χ0n) is 18.1. The van der Waals surface area contributed by atoms with Crippen molar-refractivity contribution >= 4 is 48.1 Å². The van der Waals surface area contributed by atoms with Crippen LogP contribution in [0.4, 0.5) is 0 Å². The summed E-state index contributed by atoms with van der Waals surface area (Å²) in [6.07, 6.45) is 0.162. The van der Waals surface area contributed by atoms with Gasteiger partial charge in [-0.25, -0.2) is 4.79 Å². The number of aliphatic carboxylic acids is 1. The number of nitrogens with one attached hydrogen (secondary N) is 3. The molecule has 0 bridgehead atoms. The lowest BCUT2D eigenvalue weighted by atomic mass is 10.0. The van der Waals surface area contributed by atoms with Crippen LogP contribution in [0.15, 0.2) is 0 Å². The van der Waals surface area contributed by atoms with Gasteiger partial charge in [-0.3, -0.25) is 24.0 Å². The zero-order valence-corrected chi connectivity index (χ0v) is 19.0. The Hall–Kier alpha value is -2.91. The van der Waals surface area contributed by atoms with Gasteiger partial charge in [0.05, 0.1) is 12.5 Å². The van der Waals surface area contributed by atoms with Gasteiger partial charge in [0, 0.05) is 12.2 Å². The molecule has 0 aliphatic carbocycles. The molecule has 14 nitrogen and oxygen atoms in total. The van der Waals surface area contributed by atoms with E-state index in [9.17, 15) is 28.8 Å². The van der Waals surface area contributed by atoms with Crippen molar-refractivity contribution < 1.29 is 33.9 Å². The summed E-state index contributed by atoms with van der Waals surface area (Å²) in [6.45, 7) is 0.339. The number of nitrogens with two attached hydrogens (primary N) is 4. The van der Waals surface area contributed by atoms with Crippen LogP contribution in [0.5, 0.6) is 0 Å².